The second-order valence-electron chi connectivity index (χ2n) is 7.28. The first-order chi connectivity index (χ1) is 14.3. The van der Waals surface area contributed by atoms with Crippen LogP contribution in [-0.2, 0) is 11.2 Å². The van der Waals surface area contributed by atoms with Gasteiger partial charge in [-0.25, -0.2) is 4.79 Å². The number of nitrogens with one attached hydrogen (secondary N) is 1. The van der Waals surface area contributed by atoms with Gasteiger partial charge in [0.15, 0.2) is 10.9 Å². The van der Waals surface area contributed by atoms with E-state index in [0.717, 1.165) is 0 Å². The third kappa shape index (κ3) is 4.62. The molecule has 0 unspecified atom stereocenters. The maximum atomic E-state index is 12.0. The van der Waals surface area contributed by atoms with Crippen LogP contribution in [0.4, 0.5) is 10.5 Å². The number of nitrogens with zero attached hydrogens (tertiary/aromatic N) is 2. The zero-order valence-electron chi connectivity index (χ0n) is 18.4. The highest BCUT2D eigenvalue weighted by Crippen LogP contribution is 2.44. The van der Waals surface area contributed by atoms with Gasteiger partial charge in [-0.2, -0.15) is 0 Å². The first-order valence-electron chi connectivity index (χ1n) is 9.98. The largest absolute Gasteiger partial charge is 0.444 e. The van der Waals surface area contributed by atoms with Crippen LogP contribution in [0.3, 0.4) is 0 Å². The van der Waals surface area contributed by atoms with E-state index in [-0.39, 0.29) is 26.8 Å². The van der Waals surface area contributed by atoms with Gasteiger partial charge in [0.1, 0.15) is 5.60 Å². The van der Waals surface area contributed by atoms with Gasteiger partial charge in [-0.1, -0.05) is 41.7 Å². The summed E-state index contributed by atoms with van der Waals surface area (Å²) >= 11 is 18.8. The number of carbonyl (C=O) groups is 1. The Morgan fingerprint density at radius 1 is 1.25 bits per heavy atom. The number of ether oxygens (including phenoxy) is 2. The molecule has 6 nitrogen and oxygen atoms in total. The highest BCUT2D eigenvalue weighted by Gasteiger charge is 2.28. The van der Waals surface area contributed by atoms with Crippen molar-refractivity contribution in [3.63, 3.8) is 0 Å². The second-order valence-corrected chi connectivity index (χ2v) is 8.45. The fraction of sp³-hybridized carbons (Fsp3) is 0.421. The van der Waals surface area contributed by atoms with Crippen LogP contribution in [-0.4, -0.2) is 21.9 Å². The minimum absolute atomic E-state index is 0.0371. The fourth-order valence-electron chi connectivity index (χ4n) is 2.80. The number of rotatable bonds is 3. The summed E-state index contributed by atoms with van der Waals surface area (Å²) in [6.45, 7) is 3.00. The molecule has 28 heavy (non-hydrogen) atoms. The molecule has 1 aromatic carbocycles. The van der Waals surface area contributed by atoms with E-state index in [0.29, 0.717) is 29.7 Å². The summed E-state index contributed by atoms with van der Waals surface area (Å²) in [5, 5.41) is 10.6. The average Bonchev–Trinajstić information content (AvgIpc) is 3.04. The molecule has 0 saturated carbocycles. The van der Waals surface area contributed by atoms with E-state index in [1.807, 2.05) is 0 Å². The predicted octanol–water partition coefficient (Wildman–Crippen LogP) is 6.63. The molecule has 0 spiro atoms. The molecule has 2 aromatic rings. The number of carbonyl (C=O) groups excluding carboxylic acids is 1. The molecule has 1 heterocycles. The van der Waals surface area contributed by atoms with Crippen LogP contribution in [0.5, 0.6) is 11.6 Å². The molecule has 1 N–H and O–H groups in total. The fourth-order valence-corrected chi connectivity index (χ4v) is 3.65. The molecule has 0 fully saturated rings. The Kier molecular flexibility index (Phi) is 4.85. The maximum Gasteiger partial charge on any atom is 0.412 e. The number of benzene rings is 1. The van der Waals surface area contributed by atoms with Crippen LogP contribution in [0.25, 0.3) is 0 Å². The molecule has 0 radical (unpaired) electrons. The standard InChI is InChI=1S/C19H20Cl3N3O3/c1-9-5-6-11-14(9)16(22)24-25-17(11)27-15-12(20)7-10(8-13(15)21)23-18(26)28-19(2,3)4/h7-9H,5-6H2,1-4H3,(H,23,26)/t9-/m1/s1/i1D3. The van der Waals surface area contributed by atoms with Gasteiger partial charge in [-0.05, 0) is 51.7 Å². The molecule has 0 bridgehead atoms. The maximum absolute atomic E-state index is 12.0. The van der Waals surface area contributed by atoms with Gasteiger partial charge in [0.2, 0.25) is 5.88 Å². The third-order valence-electron chi connectivity index (χ3n) is 3.91. The summed E-state index contributed by atoms with van der Waals surface area (Å²) < 4.78 is 34.3. The van der Waals surface area contributed by atoms with Crippen LogP contribution in [0.15, 0.2) is 12.1 Å². The zero-order valence-corrected chi connectivity index (χ0v) is 17.7. The molecular formula is C19H20Cl3N3O3. The van der Waals surface area contributed by atoms with Gasteiger partial charge in [0, 0.05) is 20.9 Å². The lowest BCUT2D eigenvalue weighted by Crippen LogP contribution is -2.27. The Morgan fingerprint density at radius 3 is 2.54 bits per heavy atom. The van der Waals surface area contributed by atoms with Gasteiger partial charge in [-0.3, -0.25) is 5.32 Å². The van der Waals surface area contributed by atoms with E-state index < -0.39 is 24.5 Å². The molecule has 1 atom stereocenters. The highest BCUT2D eigenvalue weighted by molar-refractivity contribution is 6.37. The SMILES string of the molecule is [2H]C([2H])([2H])[C@@H]1CCc2c(Oc3c(Cl)cc(NC(=O)OC(C)(C)C)cc3Cl)nnc(Cl)c21. The number of anilines is 1. The van der Waals surface area contributed by atoms with E-state index >= 15 is 0 Å². The lowest BCUT2D eigenvalue weighted by atomic mass is 10.1. The lowest BCUT2D eigenvalue weighted by molar-refractivity contribution is 0.0636. The lowest BCUT2D eigenvalue weighted by Gasteiger charge is -2.20. The number of fused-ring (bicyclic) bond motifs is 1. The van der Waals surface area contributed by atoms with Gasteiger partial charge >= 0.3 is 6.09 Å². The average molecular weight is 448 g/mol. The van der Waals surface area contributed by atoms with Crippen molar-refractivity contribution in [3.05, 3.63) is 38.5 Å². The molecule has 1 aliphatic carbocycles. The highest BCUT2D eigenvalue weighted by atomic mass is 35.5. The van der Waals surface area contributed by atoms with Crippen molar-refractivity contribution in [3.8, 4) is 11.6 Å². The normalized spacial score (nSPS) is 17.9. The summed E-state index contributed by atoms with van der Waals surface area (Å²) in [5.41, 5.74) is 0.610. The minimum atomic E-state index is -2.22. The van der Waals surface area contributed by atoms with E-state index in [4.69, 9.17) is 48.4 Å². The van der Waals surface area contributed by atoms with E-state index in [2.05, 4.69) is 15.5 Å². The van der Waals surface area contributed by atoms with Gasteiger partial charge < -0.3 is 9.47 Å². The first-order valence-corrected chi connectivity index (χ1v) is 9.61. The van der Waals surface area contributed by atoms with Gasteiger partial charge in [-0.15, -0.1) is 10.2 Å². The number of halogens is 3. The van der Waals surface area contributed by atoms with Crippen LogP contribution in [0.1, 0.15) is 55.2 Å². The molecule has 1 aromatic heterocycles. The summed E-state index contributed by atoms with van der Waals surface area (Å²) in [5.74, 6) is -0.573. The van der Waals surface area contributed by atoms with Crippen LogP contribution >= 0.6 is 34.8 Å². The monoisotopic (exact) mass is 446 g/mol. The Hall–Kier alpha value is -1.76. The van der Waals surface area contributed by atoms with Crippen molar-refractivity contribution in [2.24, 2.45) is 0 Å². The Morgan fingerprint density at radius 2 is 1.93 bits per heavy atom. The van der Waals surface area contributed by atoms with Crippen LogP contribution in [0, 0.1) is 0 Å². The molecule has 1 aliphatic rings. The van der Waals surface area contributed by atoms with Crippen molar-refractivity contribution in [1.82, 2.24) is 10.2 Å². The van der Waals surface area contributed by atoms with Crippen molar-refractivity contribution >= 4 is 46.6 Å². The van der Waals surface area contributed by atoms with Gasteiger partial charge in [0.25, 0.3) is 0 Å². The molecule has 9 heteroatoms. The van der Waals surface area contributed by atoms with E-state index in [1.165, 1.54) is 12.1 Å². The van der Waals surface area contributed by atoms with E-state index in [9.17, 15) is 4.79 Å². The molecular weight excluding hydrogens is 425 g/mol. The van der Waals surface area contributed by atoms with Crippen molar-refractivity contribution in [2.75, 3.05) is 5.32 Å². The summed E-state index contributed by atoms with van der Waals surface area (Å²) in [6, 6.07) is 2.89. The summed E-state index contributed by atoms with van der Waals surface area (Å²) in [4.78, 5) is 12.0. The number of aromatic nitrogens is 2. The van der Waals surface area contributed by atoms with Crippen molar-refractivity contribution < 1.29 is 18.4 Å². The minimum Gasteiger partial charge on any atom is -0.444 e. The first kappa shape index (κ1) is 17.1. The van der Waals surface area contributed by atoms with Crippen molar-refractivity contribution in [1.29, 1.82) is 0 Å². The Balaban J connectivity index is 1.88. The Bertz CT molecular complexity index is 1000. The summed E-state index contributed by atoms with van der Waals surface area (Å²) in [7, 11) is 0. The molecule has 1 amide bonds. The third-order valence-corrected chi connectivity index (χ3v) is 4.75. The number of hydrogen-bond acceptors (Lipinski definition) is 5. The molecule has 0 aliphatic heterocycles. The van der Waals surface area contributed by atoms with Gasteiger partial charge in [0.05, 0.1) is 10.0 Å². The smallest absolute Gasteiger partial charge is 0.412 e. The van der Waals surface area contributed by atoms with E-state index in [1.54, 1.807) is 20.8 Å². The molecule has 150 valence electrons. The van der Waals surface area contributed by atoms with Crippen molar-refractivity contribution in [2.45, 2.75) is 52.0 Å². The number of hydrogen-bond donors (Lipinski definition) is 1. The summed E-state index contributed by atoms with van der Waals surface area (Å²) in [6.07, 6.45) is 0.122. The molecule has 3 rings (SSSR count). The topological polar surface area (TPSA) is 73.3 Å². The quantitative estimate of drug-likeness (QED) is 0.572. The molecule has 0 saturated heterocycles. The van der Waals surface area contributed by atoms with Crippen LogP contribution < -0.4 is 10.1 Å². The zero-order chi connectivity index (χ0) is 23.1. The Labute approximate surface area is 182 Å². The second kappa shape index (κ2) is 7.93. The number of amides is 1. The van der Waals surface area contributed by atoms with Crippen LogP contribution in [0.2, 0.25) is 15.2 Å². The predicted molar refractivity (Wildman–Crippen MR) is 110 cm³/mol.